The Bertz CT molecular complexity index is 314. The minimum Gasteiger partial charge on any atom is -0.307 e. The van der Waals surface area contributed by atoms with Gasteiger partial charge in [0.05, 0.1) is 0 Å². The summed E-state index contributed by atoms with van der Waals surface area (Å²) in [6.45, 7) is 5.56. The van der Waals surface area contributed by atoms with Crippen LogP contribution in [0.4, 0.5) is 0 Å². The predicted octanol–water partition coefficient (Wildman–Crippen LogP) is 3.55. The molecule has 0 radical (unpaired) electrons. The van der Waals surface area contributed by atoms with Crippen LogP contribution in [0.3, 0.4) is 0 Å². The molecule has 1 rings (SSSR count). The molecule has 0 saturated carbocycles. The van der Waals surface area contributed by atoms with Crippen LogP contribution in [-0.4, -0.2) is 14.8 Å². The number of rotatable bonds is 7. The van der Waals surface area contributed by atoms with E-state index in [2.05, 4.69) is 24.0 Å². The van der Waals surface area contributed by atoms with Crippen LogP contribution >= 0.6 is 12.2 Å². The lowest BCUT2D eigenvalue weighted by Crippen LogP contribution is -1.96. The van der Waals surface area contributed by atoms with Gasteiger partial charge in [-0.25, -0.2) is 0 Å². The van der Waals surface area contributed by atoms with Gasteiger partial charge in [-0.15, -0.1) is 0 Å². The lowest BCUT2D eigenvalue weighted by Gasteiger charge is -2.04. The monoisotopic (exact) mass is 227 g/mol. The summed E-state index contributed by atoms with van der Waals surface area (Å²) in [5.74, 6) is 0.840. The number of unbranched alkanes of at least 4 members (excludes halogenated alkanes) is 3. The second kappa shape index (κ2) is 6.77. The van der Waals surface area contributed by atoms with Gasteiger partial charge in [-0.05, 0) is 24.6 Å². The second-order valence-corrected chi connectivity index (χ2v) is 4.84. The van der Waals surface area contributed by atoms with Gasteiger partial charge in [0.1, 0.15) is 6.33 Å². The van der Waals surface area contributed by atoms with Gasteiger partial charge in [0, 0.05) is 6.54 Å². The molecule has 0 aliphatic carbocycles. The summed E-state index contributed by atoms with van der Waals surface area (Å²) in [4.78, 5) is 0. The maximum Gasteiger partial charge on any atom is 0.194 e. The number of nitrogens with one attached hydrogen (secondary N) is 1. The van der Waals surface area contributed by atoms with Crippen LogP contribution in [0.15, 0.2) is 6.33 Å². The first-order valence-electron chi connectivity index (χ1n) is 5.80. The number of nitrogens with zero attached hydrogens (tertiary/aromatic N) is 2. The summed E-state index contributed by atoms with van der Waals surface area (Å²) in [7, 11) is 0. The Labute approximate surface area is 96.9 Å². The number of hydrogen-bond acceptors (Lipinski definition) is 2. The third-order valence-corrected chi connectivity index (χ3v) is 2.87. The maximum atomic E-state index is 5.07. The molecular weight excluding hydrogens is 206 g/mol. The minimum absolute atomic E-state index is 0.734. The summed E-state index contributed by atoms with van der Waals surface area (Å²) >= 11 is 5.07. The molecule has 86 valence electrons. The van der Waals surface area contributed by atoms with E-state index >= 15 is 0 Å². The first kappa shape index (κ1) is 12.4. The Morgan fingerprint density at radius 1 is 1.33 bits per heavy atom. The van der Waals surface area contributed by atoms with Gasteiger partial charge in [0.25, 0.3) is 0 Å². The molecular formula is C11H21N3S. The Morgan fingerprint density at radius 3 is 2.67 bits per heavy atom. The highest BCUT2D eigenvalue weighted by Gasteiger charge is 1.96. The van der Waals surface area contributed by atoms with Crippen molar-refractivity contribution >= 4 is 12.2 Å². The summed E-state index contributed by atoms with van der Waals surface area (Å²) in [5, 5.41) is 6.66. The largest absolute Gasteiger partial charge is 0.307 e. The maximum absolute atomic E-state index is 5.07. The molecule has 4 heteroatoms. The standard InChI is InChI=1S/C11H21N3S/c1-10(2)7-5-3-4-6-8-14-9-12-13-11(14)15/h9-10H,3-8H2,1-2H3,(H,13,15). The molecule has 0 aliphatic rings. The number of H-pyrrole nitrogens is 1. The van der Waals surface area contributed by atoms with Crippen LogP contribution in [-0.2, 0) is 6.54 Å². The first-order valence-corrected chi connectivity index (χ1v) is 6.21. The van der Waals surface area contributed by atoms with Crippen molar-refractivity contribution in [2.75, 3.05) is 0 Å². The van der Waals surface area contributed by atoms with Gasteiger partial charge in [-0.2, -0.15) is 5.10 Å². The van der Waals surface area contributed by atoms with Crippen LogP contribution < -0.4 is 0 Å². The topological polar surface area (TPSA) is 33.6 Å². The Hall–Kier alpha value is -0.640. The second-order valence-electron chi connectivity index (χ2n) is 4.45. The molecule has 1 heterocycles. The molecule has 0 unspecified atom stereocenters. The highest BCUT2D eigenvalue weighted by Crippen LogP contribution is 2.09. The van der Waals surface area contributed by atoms with E-state index in [0.717, 1.165) is 17.2 Å². The molecule has 0 saturated heterocycles. The SMILES string of the molecule is CC(C)CCCCCCn1cn[nH]c1=S. The van der Waals surface area contributed by atoms with Crippen molar-refractivity contribution in [3.05, 3.63) is 11.1 Å². The molecule has 15 heavy (non-hydrogen) atoms. The van der Waals surface area contributed by atoms with Crippen molar-refractivity contribution in [3.8, 4) is 0 Å². The summed E-state index contributed by atoms with van der Waals surface area (Å²) in [5.41, 5.74) is 0. The number of aromatic nitrogens is 3. The minimum atomic E-state index is 0.734. The van der Waals surface area contributed by atoms with E-state index in [4.69, 9.17) is 12.2 Å². The van der Waals surface area contributed by atoms with Gasteiger partial charge in [0.2, 0.25) is 0 Å². The first-order chi connectivity index (χ1) is 7.20. The highest BCUT2D eigenvalue weighted by atomic mass is 32.1. The van der Waals surface area contributed by atoms with Gasteiger partial charge in [0.15, 0.2) is 4.77 Å². The van der Waals surface area contributed by atoms with Gasteiger partial charge in [-0.3, -0.25) is 5.10 Å². The number of hydrogen-bond donors (Lipinski definition) is 1. The zero-order valence-electron chi connectivity index (χ0n) is 9.70. The lowest BCUT2D eigenvalue weighted by atomic mass is 10.0. The number of aryl methyl sites for hydroxylation is 1. The van der Waals surface area contributed by atoms with E-state index in [1.807, 2.05) is 4.57 Å². The van der Waals surface area contributed by atoms with Crippen molar-refractivity contribution in [3.63, 3.8) is 0 Å². The Kier molecular flexibility index (Phi) is 5.61. The molecule has 0 aliphatic heterocycles. The smallest absolute Gasteiger partial charge is 0.194 e. The number of aromatic amines is 1. The molecule has 1 aromatic heterocycles. The van der Waals surface area contributed by atoms with E-state index in [-0.39, 0.29) is 0 Å². The summed E-state index contributed by atoms with van der Waals surface area (Å²) in [6.07, 6.45) is 8.31. The van der Waals surface area contributed by atoms with Crippen molar-refractivity contribution in [1.82, 2.24) is 14.8 Å². The van der Waals surface area contributed by atoms with Crippen molar-refractivity contribution < 1.29 is 0 Å². The van der Waals surface area contributed by atoms with E-state index < -0.39 is 0 Å². The van der Waals surface area contributed by atoms with Crippen LogP contribution in [0.1, 0.15) is 46.0 Å². The zero-order chi connectivity index (χ0) is 11.1. The van der Waals surface area contributed by atoms with Crippen LogP contribution in [0.2, 0.25) is 0 Å². The van der Waals surface area contributed by atoms with Crippen molar-refractivity contribution in [1.29, 1.82) is 0 Å². The fourth-order valence-electron chi connectivity index (χ4n) is 1.62. The van der Waals surface area contributed by atoms with Gasteiger partial charge >= 0.3 is 0 Å². The van der Waals surface area contributed by atoms with Crippen molar-refractivity contribution in [2.45, 2.75) is 52.5 Å². The van der Waals surface area contributed by atoms with Crippen LogP contribution in [0, 0.1) is 10.7 Å². The molecule has 0 spiro atoms. The third kappa shape index (κ3) is 5.11. The quantitative estimate of drug-likeness (QED) is 0.571. The molecule has 0 fully saturated rings. The average Bonchev–Trinajstić information content (AvgIpc) is 2.57. The summed E-state index contributed by atoms with van der Waals surface area (Å²) in [6, 6.07) is 0. The van der Waals surface area contributed by atoms with Gasteiger partial charge < -0.3 is 4.57 Å². The molecule has 0 atom stereocenters. The molecule has 0 aromatic carbocycles. The lowest BCUT2D eigenvalue weighted by molar-refractivity contribution is 0.504. The third-order valence-electron chi connectivity index (χ3n) is 2.55. The Morgan fingerprint density at radius 2 is 2.07 bits per heavy atom. The van der Waals surface area contributed by atoms with E-state index in [1.54, 1.807) is 6.33 Å². The molecule has 1 N–H and O–H groups in total. The zero-order valence-corrected chi connectivity index (χ0v) is 10.5. The van der Waals surface area contributed by atoms with Crippen LogP contribution in [0.5, 0.6) is 0 Å². The fourth-order valence-corrected chi connectivity index (χ4v) is 1.81. The average molecular weight is 227 g/mol. The van der Waals surface area contributed by atoms with Crippen LogP contribution in [0.25, 0.3) is 0 Å². The predicted molar refractivity (Wildman–Crippen MR) is 65.3 cm³/mol. The highest BCUT2D eigenvalue weighted by molar-refractivity contribution is 7.71. The normalized spacial score (nSPS) is 11.1. The molecule has 3 nitrogen and oxygen atoms in total. The summed E-state index contributed by atoms with van der Waals surface area (Å²) < 4.78 is 2.73. The molecule has 0 bridgehead atoms. The fraction of sp³-hybridized carbons (Fsp3) is 0.818. The molecule has 0 amide bonds. The van der Waals surface area contributed by atoms with Crippen molar-refractivity contribution in [2.24, 2.45) is 5.92 Å². The van der Waals surface area contributed by atoms with E-state index in [1.165, 1.54) is 32.1 Å². The molecule has 1 aromatic rings. The Balaban J connectivity index is 2.03. The van der Waals surface area contributed by atoms with E-state index in [9.17, 15) is 0 Å². The van der Waals surface area contributed by atoms with Gasteiger partial charge in [-0.1, -0.05) is 39.5 Å². The van der Waals surface area contributed by atoms with E-state index in [0.29, 0.717) is 0 Å².